The molecule has 0 atom stereocenters. The Hall–Kier alpha value is -2.55. The molecule has 118 valence electrons. The summed E-state index contributed by atoms with van der Waals surface area (Å²) in [5, 5.41) is 1.01. The Morgan fingerprint density at radius 1 is 0.957 bits per heavy atom. The summed E-state index contributed by atoms with van der Waals surface area (Å²) in [5.74, 6) is 0. The van der Waals surface area contributed by atoms with Gasteiger partial charge in [0.25, 0.3) is 5.56 Å². The van der Waals surface area contributed by atoms with Crippen molar-refractivity contribution in [2.75, 3.05) is 5.73 Å². The first-order chi connectivity index (χ1) is 10.8. The lowest BCUT2D eigenvalue weighted by molar-refractivity contribution is 0.590. The van der Waals surface area contributed by atoms with Gasteiger partial charge in [-0.05, 0) is 40.1 Å². The number of pyridine rings is 1. The zero-order valence-electron chi connectivity index (χ0n) is 14.1. The Balaban J connectivity index is 2.19. The first kappa shape index (κ1) is 15.3. The fourth-order valence-electron chi connectivity index (χ4n) is 2.84. The smallest absolute Gasteiger partial charge is 0.258 e. The summed E-state index contributed by atoms with van der Waals surface area (Å²) < 4.78 is 1.67. The zero-order chi connectivity index (χ0) is 16.8. The monoisotopic (exact) mass is 306 g/mol. The van der Waals surface area contributed by atoms with Crippen molar-refractivity contribution in [3.05, 3.63) is 64.4 Å². The lowest BCUT2D eigenvalue weighted by Crippen LogP contribution is -2.19. The lowest BCUT2D eigenvalue weighted by atomic mass is 9.86. The predicted molar refractivity (Wildman–Crippen MR) is 97.7 cm³/mol. The summed E-state index contributed by atoms with van der Waals surface area (Å²) in [5.41, 5.74) is 10.4. The van der Waals surface area contributed by atoms with Crippen LogP contribution in [0.1, 0.15) is 26.3 Å². The number of nitrogens with zero attached hydrogens (tertiary/aromatic N) is 1. The largest absolute Gasteiger partial charge is 0.399 e. The molecule has 0 aliphatic carbocycles. The minimum Gasteiger partial charge on any atom is -0.399 e. The topological polar surface area (TPSA) is 48.0 Å². The number of aryl methyl sites for hydroxylation is 1. The maximum atomic E-state index is 12.7. The van der Waals surface area contributed by atoms with Gasteiger partial charge in [0, 0.05) is 18.3 Å². The van der Waals surface area contributed by atoms with E-state index in [9.17, 15) is 4.79 Å². The second-order valence-electron chi connectivity index (χ2n) is 7.07. The SMILES string of the molecule is Cn1c(=O)c(-c2ccc(C(C)(C)C)cc2)cc2ccc(N)cc21. The summed E-state index contributed by atoms with van der Waals surface area (Å²) in [6, 6.07) is 15.9. The fourth-order valence-corrected chi connectivity index (χ4v) is 2.84. The molecule has 0 unspecified atom stereocenters. The number of nitrogens with two attached hydrogens (primary N) is 1. The molecule has 2 aromatic carbocycles. The van der Waals surface area contributed by atoms with E-state index in [-0.39, 0.29) is 11.0 Å². The van der Waals surface area contributed by atoms with Crippen LogP contribution in [0.4, 0.5) is 5.69 Å². The lowest BCUT2D eigenvalue weighted by Gasteiger charge is -2.19. The Bertz CT molecular complexity index is 929. The van der Waals surface area contributed by atoms with Crippen LogP contribution in [-0.4, -0.2) is 4.57 Å². The van der Waals surface area contributed by atoms with Crippen molar-refractivity contribution in [2.45, 2.75) is 26.2 Å². The number of benzene rings is 2. The highest BCUT2D eigenvalue weighted by Crippen LogP contribution is 2.26. The zero-order valence-corrected chi connectivity index (χ0v) is 14.1. The van der Waals surface area contributed by atoms with Crippen LogP contribution in [-0.2, 0) is 12.5 Å². The number of rotatable bonds is 1. The molecule has 0 bridgehead atoms. The molecule has 0 fully saturated rings. The highest BCUT2D eigenvalue weighted by Gasteiger charge is 2.14. The van der Waals surface area contributed by atoms with Crippen molar-refractivity contribution in [3.8, 4) is 11.1 Å². The summed E-state index contributed by atoms with van der Waals surface area (Å²) >= 11 is 0. The molecule has 0 saturated carbocycles. The van der Waals surface area contributed by atoms with Crippen molar-refractivity contribution in [2.24, 2.45) is 7.05 Å². The molecule has 3 nitrogen and oxygen atoms in total. The van der Waals surface area contributed by atoms with E-state index in [0.29, 0.717) is 11.3 Å². The second-order valence-corrected chi connectivity index (χ2v) is 7.07. The number of hydrogen-bond donors (Lipinski definition) is 1. The molecular formula is C20H22N2O. The average molecular weight is 306 g/mol. The fraction of sp³-hybridized carbons (Fsp3) is 0.250. The highest BCUT2D eigenvalue weighted by atomic mass is 16.1. The van der Waals surface area contributed by atoms with E-state index in [1.54, 1.807) is 11.6 Å². The summed E-state index contributed by atoms with van der Waals surface area (Å²) in [6.07, 6.45) is 0. The Morgan fingerprint density at radius 3 is 2.22 bits per heavy atom. The van der Waals surface area contributed by atoms with Crippen LogP contribution in [0.15, 0.2) is 53.3 Å². The van der Waals surface area contributed by atoms with Gasteiger partial charge in [0.1, 0.15) is 0 Å². The normalized spacial score (nSPS) is 11.8. The summed E-state index contributed by atoms with van der Waals surface area (Å²) in [4.78, 5) is 12.7. The van der Waals surface area contributed by atoms with E-state index in [4.69, 9.17) is 5.73 Å². The van der Waals surface area contributed by atoms with Crippen LogP contribution in [0, 0.1) is 0 Å². The molecule has 1 aromatic heterocycles. The van der Waals surface area contributed by atoms with Gasteiger partial charge in [0.2, 0.25) is 0 Å². The van der Waals surface area contributed by atoms with Crippen LogP contribution in [0.3, 0.4) is 0 Å². The molecule has 0 aliphatic heterocycles. The van der Waals surface area contributed by atoms with Crippen LogP contribution in [0.25, 0.3) is 22.0 Å². The maximum absolute atomic E-state index is 12.7. The molecule has 0 radical (unpaired) electrons. The molecule has 2 N–H and O–H groups in total. The molecular weight excluding hydrogens is 284 g/mol. The first-order valence-corrected chi connectivity index (χ1v) is 7.77. The van der Waals surface area contributed by atoms with Crippen LogP contribution >= 0.6 is 0 Å². The van der Waals surface area contributed by atoms with Crippen molar-refractivity contribution < 1.29 is 0 Å². The number of fused-ring (bicyclic) bond motifs is 1. The average Bonchev–Trinajstić information content (AvgIpc) is 2.51. The minimum atomic E-state index is -0.00777. The van der Waals surface area contributed by atoms with Gasteiger partial charge in [-0.25, -0.2) is 0 Å². The molecule has 1 heterocycles. The predicted octanol–water partition coefficient (Wildman–Crippen LogP) is 4.09. The van der Waals surface area contributed by atoms with Crippen molar-refractivity contribution >= 4 is 16.6 Å². The minimum absolute atomic E-state index is 0.00777. The maximum Gasteiger partial charge on any atom is 0.258 e. The Kier molecular flexibility index (Phi) is 3.52. The molecule has 3 rings (SSSR count). The number of aromatic nitrogens is 1. The highest BCUT2D eigenvalue weighted by molar-refractivity contribution is 5.86. The van der Waals surface area contributed by atoms with Crippen molar-refractivity contribution in [3.63, 3.8) is 0 Å². The van der Waals surface area contributed by atoms with E-state index in [1.807, 2.05) is 36.4 Å². The van der Waals surface area contributed by atoms with E-state index in [2.05, 4.69) is 32.9 Å². The first-order valence-electron chi connectivity index (χ1n) is 7.77. The van der Waals surface area contributed by atoms with Crippen LogP contribution in [0.5, 0.6) is 0 Å². The Labute approximate surface area is 136 Å². The van der Waals surface area contributed by atoms with Crippen molar-refractivity contribution in [1.82, 2.24) is 4.57 Å². The molecule has 23 heavy (non-hydrogen) atoms. The van der Waals surface area contributed by atoms with Crippen LogP contribution in [0.2, 0.25) is 0 Å². The second kappa shape index (κ2) is 5.27. The summed E-state index contributed by atoms with van der Waals surface area (Å²) in [6.45, 7) is 6.55. The van der Waals surface area contributed by atoms with Gasteiger partial charge in [0.15, 0.2) is 0 Å². The summed E-state index contributed by atoms with van der Waals surface area (Å²) in [7, 11) is 1.79. The number of anilines is 1. The third-order valence-corrected chi connectivity index (χ3v) is 4.31. The standard InChI is InChI=1S/C20H22N2O/c1-20(2,3)15-8-5-13(6-9-15)17-11-14-7-10-16(21)12-18(14)22(4)19(17)23/h5-12H,21H2,1-4H3. The quantitative estimate of drug-likeness (QED) is 0.688. The van der Waals surface area contributed by atoms with Gasteiger partial charge in [-0.2, -0.15) is 0 Å². The third kappa shape index (κ3) is 2.74. The molecule has 0 aliphatic rings. The van der Waals surface area contributed by atoms with Gasteiger partial charge >= 0.3 is 0 Å². The Morgan fingerprint density at radius 2 is 1.61 bits per heavy atom. The van der Waals surface area contributed by atoms with Crippen LogP contribution < -0.4 is 11.3 Å². The third-order valence-electron chi connectivity index (χ3n) is 4.31. The van der Waals surface area contributed by atoms with E-state index in [0.717, 1.165) is 16.5 Å². The number of hydrogen-bond acceptors (Lipinski definition) is 2. The van der Waals surface area contributed by atoms with Gasteiger partial charge in [-0.1, -0.05) is 51.1 Å². The molecule has 0 amide bonds. The molecule has 0 saturated heterocycles. The van der Waals surface area contributed by atoms with Gasteiger partial charge in [0.05, 0.1) is 5.52 Å². The van der Waals surface area contributed by atoms with E-state index >= 15 is 0 Å². The van der Waals surface area contributed by atoms with Gasteiger partial charge in [-0.3, -0.25) is 4.79 Å². The van der Waals surface area contributed by atoms with Gasteiger partial charge in [-0.15, -0.1) is 0 Å². The molecule has 0 spiro atoms. The van der Waals surface area contributed by atoms with Crippen molar-refractivity contribution in [1.29, 1.82) is 0 Å². The molecule has 3 heteroatoms. The van der Waals surface area contributed by atoms with E-state index in [1.165, 1.54) is 5.56 Å². The van der Waals surface area contributed by atoms with Gasteiger partial charge < -0.3 is 10.3 Å². The number of nitrogen functional groups attached to an aromatic ring is 1. The molecule has 3 aromatic rings. The van der Waals surface area contributed by atoms with E-state index < -0.39 is 0 Å².